The van der Waals surface area contributed by atoms with E-state index in [-0.39, 0.29) is 24.2 Å². The van der Waals surface area contributed by atoms with Crippen LogP contribution in [0.4, 0.5) is 0 Å². The number of amides is 1. The highest BCUT2D eigenvalue weighted by Gasteiger charge is 2.19. The van der Waals surface area contributed by atoms with E-state index in [2.05, 4.69) is 10.1 Å². The average Bonchev–Trinajstić information content (AvgIpc) is 2.43. The number of likely N-dealkylation sites (N-methyl/N-ethyl adjacent to an activating group) is 1. The molecule has 1 amide bonds. The molecule has 0 atom stereocenters. The maximum Gasteiger partial charge on any atom is 0.259 e. The van der Waals surface area contributed by atoms with E-state index in [0.717, 1.165) is 0 Å². The smallest absolute Gasteiger partial charge is 0.259 e. The van der Waals surface area contributed by atoms with Crippen LogP contribution in [0.3, 0.4) is 0 Å². The van der Waals surface area contributed by atoms with E-state index >= 15 is 0 Å². The maximum atomic E-state index is 12.2. The molecular weight excluding hydrogens is 236 g/mol. The third kappa shape index (κ3) is 3.09. The molecule has 98 valence electrons. The fraction of sp³-hybridized carbons (Fsp3) is 0.364. The molecular formula is C11H16N4O3. The fourth-order valence-electron chi connectivity index (χ4n) is 1.44. The molecule has 0 aliphatic heterocycles. The molecule has 0 unspecified atom stereocenters. The Kier molecular flexibility index (Phi) is 4.91. The summed E-state index contributed by atoms with van der Waals surface area (Å²) in [6.45, 7) is 2.27. The Hall–Kier alpha value is -2.31. The fourth-order valence-corrected chi connectivity index (χ4v) is 1.44. The van der Waals surface area contributed by atoms with Gasteiger partial charge in [0.25, 0.3) is 5.91 Å². The molecule has 1 heterocycles. The SMILES string of the molecule is CCN(CC(N)=NO)C(=O)c1cccnc1OC. The molecule has 1 aromatic rings. The summed E-state index contributed by atoms with van der Waals surface area (Å²) in [6.07, 6.45) is 1.54. The predicted octanol–water partition coefficient (Wildman–Crippen LogP) is 0.299. The third-order valence-corrected chi connectivity index (χ3v) is 2.35. The molecule has 1 rings (SSSR count). The minimum absolute atomic E-state index is 0.0342. The summed E-state index contributed by atoms with van der Waals surface area (Å²) >= 11 is 0. The number of carbonyl (C=O) groups excluding carboxylic acids is 1. The number of amidine groups is 1. The van der Waals surface area contributed by atoms with Crippen LogP contribution in [-0.4, -0.2) is 47.0 Å². The number of pyridine rings is 1. The minimum atomic E-state index is -0.283. The quantitative estimate of drug-likeness (QED) is 0.339. The second kappa shape index (κ2) is 6.43. The van der Waals surface area contributed by atoms with Crippen LogP contribution in [0.15, 0.2) is 23.5 Å². The summed E-state index contributed by atoms with van der Waals surface area (Å²) in [5.74, 6) is -0.0671. The highest BCUT2D eigenvalue weighted by Crippen LogP contribution is 2.15. The second-order valence-electron chi connectivity index (χ2n) is 3.47. The Balaban J connectivity index is 2.96. The molecule has 0 aliphatic rings. The normalized spacial score (nSPS) is 11.1. The molecule has 0 radical (unpaired) electrons. The van der Waals surface area contributed by atoms with Gasteiger partial charge in [0.05, 0.1) is 13.7 Å². The zero-order valence-electron chi connectivity index (χ0n) is 10.3. The molecule has 0 aromatic carbocycles. The van der Waals surface area contributed by atoms with E-state index in [1.165, 1.54) is 18.2 Å². The first-order valence-corrected chi connectivity index (χ1v) is 5.38. The van der Waals surface area contributed by atoms with E-state index in [1.54, 1.807) is 19.1 Å². The average molecular weight is 252 g/mol. The number of ether oxygens (including phenoxy) is 1. The molecule has 18 heavy (non-hydrogen) atoms. The van der Waals surface area contributed by atoms with Crippen LogP contribution >= 0.6 is 0 Å². The summed E-state index contributed by atoms with van der Waals surface area (Å²) in [5, 5.41) is 11.4. The highest BCUT2D eigenvalue weighted by molar-refractivity contribution is 5.98. The van der Waals surface area contributed by atoms with Gasteiger partial charge in [-0.05, 0) is 19.1 Å². The Morgan fingerprint density at radius 3 is 2.94 bits per heavy atom. The summed E-state index contributed by atoms with van der Waals surface area (Å²) in [5.41, 5.74) is 5.74. The first-order valence-electron chi connectivity index (χ1n) is 5.38. The topological polar surface area (TPSA) is 101 Å². The van der Waals surface area contributed by atoms with Crippen LogP contribution in [0.2, 0.25) is 0 Å². The standard InChI is InChI=1S/C11H16N4O3/c1-3-15(7-9(12)14-17)11(16)8-5-4-6-13-10(8)18-2/h4-6,17H,3,7H2,1-2H3,(H2,12,14). The molecule has 7 nitrogen and oxygen atoms in total. The van der Waals surface area contributed by atoms with Gasteiger partial charge >= 0.3 is 0 Å². The van der Waals surface area contributed by atoms with Gasteiger partial charge in [0.1, 0.15) is 5.56 Å². The number of methoxy groups -OCH3 is 1. The Labute approximate surface area is 105 Å². The molecule has 0 saturated carbocycles. The van der Waals surface area contributed by atoms with E-state index < -0.39 is 0 Å². The van der Waals surface area contributed by atoms with Crippen LogP contribution < -0.4 is 10.5 Å². The van der Waals surface area contributed by atoms with Crippen LogP contribution in [0.1, 0.15) is 17.3 Å². The summed E-state index contributed by atoms with van der Waals surface area (Å²) in [7, 11) is 1.44. The molecule has 0 saturated heterocycles. The first-order chi connectivity index (χ1) is 8.63. The highest BCUT2D eigenvalue weighted by atomic mass is 16.5. The lowest BCUT2D eigenvalue weighted by Crippen LogP contribution is -2.38. The zero-order valence-corrected chi connectivity index (χ0v) is 10.3. The van der Waals surface area contributed by atoms with Crippen LogP contribution in [0.25, 0.3) is 0 Å². The third-order valence-electron chi connectivity index (χ3n) is 2.35. The lowest BCUT2D eigenvalue weighted by molar-refractivity contribution is 0.0782. The molecule has 7 heteroatoms. The Morgan fingerprint density at radius 2 is 2.39 bits per heavy atom. The number of hydrogen-bond donors (Lipinski definition) is 2. The van der Waals surface area contributed by atoms with Gasteiger partial charge < -0.3 is 20.6 Å². The molecule has 0 spiro atoms. The van der Waals surface area contributed by atoms with Crippen molar-refractivity contribution in [3.05, 3.63) is 23.9 Å². The maximum absolute atomic E-state index is 12.2. The van der Waals surface area contributed by atoms with Crippen LogP contribution in [-0.2, 0) is 0 Å². The van der Waals surface area contributed by atoms with Crippen molar-refractivity contribution < 1.29 is 14.7 Å². The molecule has 3 N–H and O–H groups in total. The predicted molar refractivity (Wildman–Crippen MR) is 65.8 cm³/mol. The Morgan fingerprint density at radius 1 is 1.67 bits per heavy atom. The minimum Gasteiger partial charge on any atom is -0.480 e. The van der Waals surface area contributed by atoms with Gasteiger partial charge in [-0.1, -0.05) is 5.16 Å². The monoisotopic (exact) mass is 252 g/mol. The summed E-state index contributed by atoms with van der Waals surface area (Å²) < 4.78 is 5.02. The van der Waals surface area contributed by atoms with E-state index in [9.17, 15) is 4.79 Å². The van der Waals surface area contributed by atoms with Gasteiger partial charge in [-0.25, -0.2) is 4.98 Å². The van der Waals surface area contributed by atoms with Crippen LogP contribution in [0, 0.1) is 0 Å². The number of nitrogens with two attached hydrogens (primary N) is 1. The molecule has 0 fully saturated rings. The van der Waals surface area contributed by atoms with Crippen molar-refractivity contribution in [2.75, 3.05) is 20.2 Å². The summed E-state index contributed by atoms with van der Waals surface area (Å²) in [4.78, 5) is 17.6. The largest absolute Gasteiger partial charge is 0.480 e. The molecule has 0 bridgehead atoms. The molecule has 1 aromatic heterocycles. The molecule has 0 aliphatic carbocycles. The number of carbonyl (C=O) groups is 1. The van der Waals surface area contributed by atoms with Crippen molar-refractivity contribution >= 4 is 11.7 Å². The lowest BCUT2D eigenvalue weighted by atomic mass is 10.2. The van der Waals surface area contributed by atoms with Crippen LogP contribution in [0.5, 0.6) is 5.88 Å². The van der Waals surface area contributed by atoms with Crippen molar-refractivity contribution in [3.63, 3.8) is 0 Å². The van der Waals surface area contributed by atoms with Crippen molar-refractivity contribution in [2.45, 2.75) is 6.92 Å². The van der Waals surface area contributed by atoms with E-state index in [0.29, 0.717) is 12.1 Å². The van der Waals surface area contributed by atoms with E-state index in [1.807, 2.05) is 0 Å². The van der Waals surface area contributed by atoms with E-state index in [4.69, 9.17) is 15.7 Å². The van der Waals surface area contributed by atoms with Crippen molar-refractivity contribution in [1.29, 1.82) is 0 Å². The number of oxime groups is 1. The van der Waals surface area contributed by atoms with Gasteiger partial charge in [0.15, 0.2) is 5.84 Å². The second-order valence-corrected chi connectivity index (χ2v) is 3.47. The van der Waals surface area contributed by atoms with Gasteiger partial charge in [-0.3, -0.25) is 4.79 Å². The number of hydrogen-bond acceptors (Lipinski definition) is 5. The number of aromatic nitrogens is 1. The van der Waals surface area contributed by atoms with Gasteiger partial charge in [0, 0.05) is 12.7 Å². The first kappa shape index (κ1) is 13.8. The van der Waals surface area contributed by atoms with Gasteiger partial charge in [-0.15, -0.1) is 0 Å². The van der Waals surface area contributed by atoms with Crippen molar-refractivity contribution in [3.8, 4) is 5.88 Å². The summed E-state index contributed by atoms with van der Waals surface area (Å²) in [6, 6.07) is 3.26. The number of nitrogens with zero attached hydrogens (tertiary/aromatic N) is 3. The van der Waals surface area contributed by atoms with Crippen molar-refractivity contribution in [1.82, 2.24) is 9.88 Å². The van der Waals surface area contributed by atoms with Gasteiger partial charge in [0.2, 0.25) is 5.88 Å². The number of rotatable bonds is 5. The van der Waals surface area contributed by atoms with Crippen molar-refractivity contribution in [2.24, 2.45) is 10.9 Å². The zero-order chi connectivity index (χ0) is 13.5. The lowest BCUT2D eigenvalue weighted by Gasteiger charge is -2.20. The van der Waals surface area contributed by atoms with Gasteiger partial charge in [-0.2, -0.15) is 0 Å². The Bertz CT molecular complexity index is 448.